The first-order valence-electron chi connectivity index (χ1n) is 4.77. The van der Waals surface area contributed by atoms with E-state index in [0.29, 0.717) is 22.0 Å². The maximum absolute atomic E-state index is 11.0. The summed E-state index contributed by atoms with van der Waals surface area (Å²) in [6.07, 6.45) is 0.626. The van der Waals surface area contributed by atoms with Crippen LogP contribution in [-0.2, 0) is 6.42 Å². The van der Waals surface area contributed by atoms with Crippen LogP contribution in [0.25, 0.3) is 10.7 Å². The molecule has 2 rings (SSSR count). The number of aromatic carboxylic acids is 1. The van der Waals surface area contributed by atoms with Crippen LogP contribution < -0.4 is 0 Å². The Morgan fingerprint density at radius 1 is 1.50 bits per heavy atom. The number of aromatic nitrogens is 2. The highest BCUT2D eigenvalue weighted by atomic mass is 32.1. The van der Waals surface area contributed by atoms with Crippen molar-refractivity contribution in [2.75, 3.05) is 0 Å². The van der Waals surface area contributed by atoms with Crippen LogP contribution in [-0.4, -0.2) is 21.0 Å². The van der Waals surface area contributed by atoms with Crippen molar-refractivity contribution < 1.29 is 9.90 Å². The lowest BCUT2D eigenvalue weighted by molar-refractivity contribution is 0.0701. The molecular weight excluding hydrogens is 244 g/mol. The highest BCUT2D eigenvalue weighted by Crippen LogP contribution is 2.29. The summed E-state index contributed by atoms with van der Waals surface area (Å²) in [5, 5.41) is 12.6. The van der Waals surface area contributed by atoms with Crippen LogP contribution in [0.2, 0.25) is 0 Å². The molecule has 1 N–H and O–H groups in total. The van der Waals surface area contributed by atoms with Gasteiger partial charge in [0.2, 0.25) is 0 Å². The minimum atomic E-state index is -0.910. The second-order valence-electron chi connectivity index (χ2n) is 3.21. The summed E-state index contributed by atoms with van der Waals surface area (Å²) in [5.41, 5.74) is 1.41. The number of hydrogen-bond acceptors (Lipinski definition) is 5. The van der Waals surface area contributed by atoms with Gasteiger partial charge in [0.1, 0.15) is 15.6 Å². The first kappa shape index (κ1) is 11.2. The van der Waals surface area contributed by atoms with Crippen LogP contribution in [0.4, 0.5) is 0 Å². The monoisotopic (exact) mass is 254 g/mol. The number of aryl methyl sites for hydroxylation is 2. The highest BCUT2D eigenvalue weighted by Gasteiger charge is 2.17. The van der Waals surface area contributed by atoms with Crippen molar-refractivity contribution in [1.29, 1.82) is 0 Å². The molecule has 0 atom stereocenters. The molecule has 0 fully saturated rings. The second kappa shape index (κ2) is 4.31. The number of hydrogen-bond donors (Lipinski definition) is 1. The summed E-state index contributed by atoms with van der Waals surface area (Å²) < 4.78 is 0. The van der Waals surface area contributed by atoms with E-state index in [9.17, 15) is 4.79 Å². The molecule has 0 bridgehead atoms. The van der Waals surface area contributed by atoms with E-state index >= 15 is 0 Å². The van der Waals surface area contributed by atoms with Crippen LogP contribution in [0.15, 0.2) is 5.38 Å². The van der Waals surface area contributed by atoms with E-state index in [0.717, 1.165) is 10.7 Å². The van der Waals surface area contributed by atoms with Gasteiger partial charge in [-0.3, -0.25) is 0 Å². The predicted octanol–water partition coefficient (Wildman–Crippen LogP) is 2.84. The summed E-state index contributed by atoms with van der Waals surface area (Å²) in [6, 6.07) is 0. The fourth-order valence-electron chi connectivity index (χ4n) is 1.33. The molecule has 2 heterocycles. The first-order valence-corrected chi connectivity index (χ1v) is 6.47. The molecule has 2 aromatic heterocycles. The first-order chi connectivity index (χ1) is 7.61. The highest BCUT2D eigenvalue weighted by molar-refractivity contribution is 7.17. The quantitative estimate of drug-likeness (QED) is 0.914. The lowest BCUT2D eigenvalue weighted by atomic mass is 10.3. The molecule has 0 aliphatic carbocycles. The van der Waals surface area contributed by atoms with Gasteiger partial charge in [0, 0.05) is 5.38 Å². The smallest absolute Gasteiger partial charge is 0.347 e. The molecule has 0 saturated carbocycles. The summed E-state index contributed by atoms with van der Waals surface area (Å²) >= 11 is 2.73. The van der Waals surface area contributed by atoms with Gasteiger partial charge in [0.05, 0.1) is 10.7 Å². The van der Waals surface area contributed by atoms with Crippen molar-refractivity contribution in [1.82, 2.24) is 9.97 Å². The average Bonchev–Trinajstić information content (AvgIpc) is 2.82. The number of nitrogens with zero attached hydrogens (tertiary/aromatic N) is 2. The summed E-state index contributed by atoms with van der Waals surface area (Å²) in [4.78, 5) is 19.9. The summed E-state index contributed by atoms with van der Waals surface area (Å²) in [7, 11) is 0. The molecule has 16 heavy (non-hydrogen) atoms. The number of carbonyl (C=O) groups is 1. The molecule has 0 aromatic carbocycles. The second-order valence-corrected chi connectivity index (χ2v) is 5.27. The molecule has 84 valence electrons. The third-order valence-electron chi connectivity index (χ3n) is 2.06. The van der Waals surface area contributed by atoms with Crippen molar-refractivity contribution in [3.05, 3.63) is 21.0 Å². The third kappa shape index (κ3) is 1.98. The molecule has 0 spiro atoms. The minimum Gasteiger partial charge on any atom is -0.477 e. The maximum atomic E-state index is 11.0. The van der Waals surface area contributed by atoms with Gasteiger partial charge in [-0.25, -0.2) is 14.8 Å². The molecule has 0 aliphatic heterocycles. The summed E-state index contributed by atoms with van der Waals surface area (Å²) in [6.45, 7) is 3.82. The largest absolute Gasteiger partial charge is 0.477 e. The Morgan fingerprint density at radius 2 is 2.25 bits per heavy atom. The molecule has 0 aliphatic rings. The van der Waals surface area contributed by atoms with Gasteiger partial charge in [-0.05, 0) is 13.3 Å². The lowest BCUT2D eigenvalue weighted by Crippen LogP contribution is -1.97. The van der Waals surface area contributed by atoms with Gasteiger partial charge < -0.3 is 5.11 Å². The van der Waals surface area contributed by atoms with Crippen molar-refractivity contribution >= 4 is 28.6 Å². The molecule has 2 aromatic rings. The van der Waals surface area contributed by atoms with Crippen molar-refractivity contribution in [2.45, 2.75) is 20.3 Å². The normalized spacial score (nSPS) is 10.6. The Kier molecular flexibility index (Phi) is 3.02. The molecular formula is C10H10N2O2S2. The minimum absolute atomic E-state index is 0.322. The number of rotatable bonds is 3. The molecule has 0 amide bonds. The lowest BCUT2D eigenvalue weighted by Gasteiger charge is -1.89. The summed E-state index contributed by atoms with van der Waals surface area (Å²) in [5.74, 6) is -0.910. The fourth-order valence-corrected chi connectivity index (χ4v) is 2.96. The zero-order valence-electron chi connectivity index (χ0n) is 8.85. The van der Waals surface area contributed by atoms with E-state index in [4.69, 9.17) is 5.11 Å². The predicted molar refractivity (Wildman–Crippen MR) is 64.3 cm³/mol. The Balaban J connectivity index is 2.47. The van der Waals surface area contributed by atoms with E-state index in [-0.39, 0.29) is 0 Å². The fraction of sp³-hybridized carbons (Fsp3) is 0.300. The van der Waals surface area contributed by atoms with Crippen LogP contribution in [0.1, 0.15) is 27.3 Å². The zero-order chi connectivity index (χ0) is 11.7. The van der Waals surface area contributed by atoms with E-state index in [1.165, 1.54) is 22.7 Å². The van der Waals surface area contributed by atoms with Crippen LogP contribution in [0.3, 0.4) is 0 Å². The average molecular weight is 254 g/mol. The molecule has 0 saturated heterocycles. The zero-order valence-corrected chi connectivity index (χ0v) is 10.5. The van der Waals surface area contributed by atoms with Crippen molar-refractivity contribution in [2.24, 2.45) is 0 Å². The molecule has 0 unspecified atom stereocenters. The molecule has 0 radical (unpaired) electrons. The topological polar surface area (TPSA) is 63.1 Å². The number of thiazole rings is 2. The van der Waals surface area contributed by atoms with Gasteiger partial charge >= 0.3 is 5.97 Å². The van der Waals surface area contributed by atoms with Gasteiger partial charge in [-0.1, -0.05) is 6.92 Å². The van der Waals surface area contributed by atoms with Gasteiger partial charge in [0.25, 0.3) is 0 Å². The number of carboxylic acids is 1. The van der Waals surface area contributed by atoms with Gasteiger partial charge in [-0.15, -0.1) is 22.7 Å². The number of carboxylic acid groups (broad SMARTS) is 1. The van der Waals surface area contributed by atoms with E-state index in [1.54, 1.807) is 0 Å². The Bertz CT molecular complexity index is 531. The standard InChI is InChI=1S/C10H10N2O2S2/c1-3-6-8(10(13)14)16-9(12-6)7-4-15-5(2)11-7/h4H,3H2,1-2H3,(H,13,14). The van der Waals surface area contributed by atoms with Crippen LogP contribution >= 0.6 is 22.7 Å². The maximum Gasteiger partial charge on any atom is 0.347 e. The Labute approximate surface area is 101 Å². The van der Waals surface area contributed by atoms with Crippen molar-refractivity contribution in [3.8, 4) is 10.7 Å². The Hall–Kier alpha value is -1.27. The third-order valence-corrected chi connectivity index (χ3v) is 3.95. The van der Waals surface area contributed by atoms with Crippen molar-refractivity contribution in [3.63, 3.8) is 0 Å². The van der Waals surface area contributed by atoms with E-state index < -0.39 is 5.97 Å². The van der Waals surface area contributed by atoms with Gasteiger partial charge in [0.15, 0.2) is 0 Å². The molecule has 6 heteroatoms. The molecule has 4 nitrogen and oxygen atoms in total. The SMILES string of the molecule is CCc1nc(-c2csc(C)n2)sc1C(=O)O. The van der Waals surface area contributed by atoms with Gasteiger partial charge in [-0.2, -0.15) is 0 Å². The van der Waals surface area contributed by atoms with Crippen LogP contribution in [0.5, 0.6) is 0 Å². The Morgan fingerprint density at radius 3 is 2.69 bits per heavy atom. The van der Waals surface area contributed by atoms with E-state index in [2.05, 4.69) is 9.97 Å². The van der Waals surface area contributed by atoms with E-state index in [1.807, 2.05) is 19.2 Å². The van der Waals surface area contributed by atoms with Crippen LogP contribution in [0, 0.1) is 6.92 Å².